The number of benzene rings is 1. The number of ether oxygens (including phenoxy) is 1. The van der Waals surface area contributed by atoms with Crippen LogP contribution >= 0.6 is 15.9 Å². The van der Waals surface area contributed by atoms with Crippen LogP contribution in [0, 0.1) is 5.92 Å². The smallest absolute Gasteiger partial charge is 0.0637 e. The highest BCUT2D eigenvalue weighted by Gasteiger charge is 2.32. The maximum absolute atomic E-state index is 5.90. The van der Waals surface area contributed by atoms with Crippen LogP contribution in [0.1, 0.15) is 25.3 Å². The number of hydrogen-bond donors (Lipinski definition) is 1. The van der Waals surface area contributed by atoms with E-state index >= 15 is 0 Å². The Balaban J connectivity index is 2.25. The van der Waals surface area contributed by atoms with Crippen LogP contribution in [0.3, 0.4) is 0 Å². The lowest BCUT2D eigenvalue weighted by atomic mass is 10.1. The summed E-state index contributed by atoms with van der Waals surface area (Å²) in [6.45, 7) is 4.55. The van der Waals surface area contributed by atoms with E-state index in [4.69, 9.17) is 10.5 Å². The third-order valence-electron chi connectivity index (χ3n) is 3.90. The Morgan fingerprint density at radius 1 is 1.47 bits per heavy atom. The van der Waals surface area contributed by atoms with Crippen molar-refractivity contribution in [2.24, 2.45) is 11.7 Å². The Morgan fingerprint density at radius 3 is 2.79 bits per heavy atom. The Hall–Kier alpha value is -0.580. The van der Waals surface area contributed by atoms with E-state index in [-0.39, 0.29) is 0 Å². The van der Waals surface area contributed by atoms with E-state index in [1.165, 1.54) is 24.1 Å². The Bertz CT molecular complexity index is 421. The third-order valence-corrected chi connectivity index (χ3v) is 4.40. The standard InChI is InChI=1S/C15H23BrN2O/c1-11(12-3-4-12)18(7-8-19-2)15-6-5-14(16)9-13(15)10-17/h5-6,9,11-12H,3-4,7-8,10,17H2,1-2H3. The fourth-order valence-corrected chi connectivity index (χ4v) is 2.97. The molecule has 0 saturated heterocycles. The van der Waals surface area contributed by atoms with Gasteiger partial charge in [-0.05, 0) is 49.4 Å². The van der Waals surface area contributed by atoms with Crippen LogP contribution in [0.25, 0.3) is 0 Å². The van der Waals surface area contributed by atoms with E-state index in [9.17, 15) is 0 Å². The van der Waals surface area contributed by atoms with Gasteiger partial charge in [-0.15, -0.1) is 0 Å². The van der Waals surface area contributed by atoms with E-state index < -0.39 is 0 Å². The largest absolute Gasteiger partial charge is 0.383 e. The van der Waals surface area contributed by atoms with Crippen LogP contribution < -0.4 is 10.6 Å². The van der Waals surface area contributed by atoms with Gasteiger partial charge in [0.2, 0.25) is 0 Å². The lowest BCUT2D eigenvalue weighted by molar-refractivity contribution is 0.202. The summed E-state index contributed by atoms with van der Waals surface area (Å²) in [5.74, 6) is 0.825. The van der Waals surface area contributed by atoms with Gasteiger partial charge in [0.05, 0.1) is 6.61 Å². The number of anilines is 1. The molecule has 19 heavy (non-hydrogen) atoms. The summed E-state index contributed by atoms with van der Waals surface area (Å²) in [7, 11) is 1.76. The Morgan fingerprint density at radius 2 is 2.21 bits per heavy atom. The molecule has 3 nitrogen and oxygen atoms in total. The second-order valence-electron chi connectivity index (χ2n) is 5.24. The molecule has 0 spiro atoms. The van der Waals surface area contributed by atoms with Crippen LogP contribution in [-0.4, -0.2) is 26.3 Å². The summed E-state index contributed by atoms with van der Waals surface area (Å²) in [6.07, 6.45) is 2.69. The number of rotatable bonds is 7. The van der Waals surface area contributed by atoms with E-state index in [1.54, 1.807) is 7.11 Å². The van der Waals surface area contributed by atoms with Gasteiger partial charge in [0, 0.05) is 36.4 Å². The molecule has 0 aromatic heterocycles. The zero-order chi connectivity index (χ0) is 13.8. The first kappa shape index (κ1) is 14.8. The summed E-state index contributed by atoms with van der Waals surface area (Å²) in [6, 6.07) is 6.94. The van der Waals surface area contributed by atoms with Crippen molar-refractivity contribution in [3.05, 3.63) is 28.2 Å². The van der Waals surface area contributed by atoms with Gasteiger partial charge < -0.3 is 15.4 Å². The van der Waals surface area contributed by atoms with E-state index in [0.717, 1.165) is 23.5 Å². The van der Waals surface area contributed by atoms with Gasteiger partial charge in [0.1, 0.15) is 0 Å². The molecule has 0 radical (unpaired) electrons. The van der Waals surface area contributed by atoms with Crippen molar-refractivity contribution in [3.8, 4) is 0 Å². The maximum atomic E-state index is 5.90. The molecule has 2 N–H and O–H groups in total. The minimum absolute atomic E-state index is 0.557. The SMILES string of the molecule is COCCN(c1ccc(Br)cc1CN)C(C)C1CC1. The molecule has 1 unspecified atom stereocenters. The molecule has 1 fully saturated rings. The second-order valence-corrected chi connectivity index (χ2v) is 6.16. The zero-order valence-electron chi connectivity index (χ0n) is 11.7. The van der Waals surface area contributed by atoms with Crippen LogP contribution in [0.2, 0.25) is 0 Å². The predicted molar refractivity (Wildman–Crippen MR) is 83.4 cm³/mol. The average Bonchev–Trinajstić information content (AvgIpc) is 3.24. The number of nitrogens with two attached hydrogens (primary N) is 1. The average molecular weight is 327 g/mol. The van der Waals surface area contributed by atoms with Gasteiger partial charge in [-0.1, -0.05) is 15.9 Å². The predicted octanol–water partition coefficient (Wildman–Crippen LogP) is 3.16. The molecular weight excluding hydrogens is 304 g/mol. The molecule has 0 aliphatic heterocycles. The molecule has 2 rings (SSSR count). The highest BCUT2D eigenvalue weighted by molar-refractivity contribution is 9.10. The summed E-state index contributed by atoms with van der Waals surface area (Å²) in [5.41, 5.74) is 8.34. The highest BCUT2D eigenvalue weighted by atomic mass is 79.9. The van der Waals surface area contributed by atoms with Crippen molar-refractivity contribution in [1.29, 1.82) is 0 Å². The first-order valence-corrected chi connectivity index (χ1v) is 7.70. The summed E-state index contributed by atoms with van der Waals surface area (Å²) in [4.78, 5) is 2.45. The molecule has 1 atom stereocenters. The molecule has 0 heterocycles. The summed E-state index contributed by atoms with van der Waals surface area (Å²) in [5, 5.41) is 0. The van der Waals surface area contributed by atoms with Gasteiger partial charge in [-0.25, -0.2) is 0 Å². The molecule has 106 valence electrons. The van der Waals surface area contributed by atoms with Crippen molar-refractivity contribution >= 4 is 21.6 Å². The lowest BCUT2D eigenvalue weighted by Gasteiger charge is -2.33. The Labute approximate surface area is 124 Å². The molecule has 1 saturated carbocycles. The van der Waals surface area contributed by atoms with Crippen molar-refractivity contribution in [2.45, 2.75) is 32.4 Å². The van der Waals surface area contributed by atoms with Crippen molar-refractivity contribution in [2.75, 3.05) is 25.2 Å². The van der Waals surface area contributed by atoms with Gasteiger partial charge in [0.25, 0.3) is 0 Å². The quantitative estimate of drug-likeness (QED) is 0.836. The molecule has 1 aliphatic carbocycles. The number of nitrogens with zero attached hydrogens (tertiary/aromatic N) is 1. The van der Waals surface area contributed by atoms with Gasteiger partial charge >= 0.3 is 0 Å². The number of hydrogen-bond acceptors (Lipinski definition) is 3. The van der Waals surface area contributed by atoms with E-state index in [1.807, 2.05) is 0 Å². The molecule has 0 amide bonds. The third kappa shape index (κ3) is 3.71. The number of methoxy groups -OCH3 is 1. The van der Waals surface area contributed by atoms with Gasteiger partial charge in [-0.3, -0.25) is 0 Å². The van der Waals surface area contributed by atoms with Crippen molar-refractivity contribution < 1.29 is 4.74 Å². The fraction of sp³-hybridized carbons (Fsp3) is 0.600. The molecule has 4 heteroatoms. The molecule has 1 aliphatic rings. The van der Waals surface area contributed by atoms with Crippen LogP contribution in [0.5, 0.6) is 0 Å². The topological polar surface area (TPSA) is 38.5 Å². The summed E-state index contributed by atoms with van der Waals surface area (Å²) >= 11 is 3.52. The van der Waals surface area contributed by atoms with Crippen molar-refractivity contribution in [3.63, 3.8) is 0 Å². The lowest BCUT2D eigenvalue weighted by Crippen LogP contribution is -2.38. The normalized spacial score (nSPS) is 16.4. The molecule has 0 bridgehead atoms. The monoisotopic (exact) mass is 326 g/mol. The van der Waals surface area contributed by atoms with Crippen LogP contribution in [-0.2, 0) is 11.3 Å². The first-order valence-electron chi connectivity index (χ1n) is 6.91. The van der Waals surface area contributed by atoms with E-state index in [2.05, 4.69) is 46.0 Å². The second kappa shape index (κ2) is 6.73. The minimum Gasteiger partial charge on any atom is -0.383 e. The molecule has 1 aromatic carbocycles. The van der Waals surface area contributed by atoms with Gasteiger partial charge in [-0.2, -0.15) is 0 Å². The van der Waals surface area contributed by atoms with Gasteiger partial charge in [0.15, 0.2) is 0 Å². The molecular formula is C15H23BrN2O. The Kier molecular flexibility index (Phi) is 5.25. The van der Waals surface area contributed by atoms with E-state index in [0.29, 0.717) is 12.6 Å². The molecule has 1 aromatic rings. The maximum Gasteiger partial charge on any atom is 0.0637 e. The minimum atomic E-state index is 0.557. The number of halogens is 1. The highest BCUT2D eigenvalue weighted by Crippen LogP contribution is 2.38. The fourth-order valence-electron chi connectivity index (χ4n) is 2.56. The summed E-state index contributed by atoms with van der Waals surface area (Å²) < 4.78 is 6.34. The zero-order valence-corrected chi connectivity index (χ0v) is 13.3. The first-order chi connectivity index (χ1) is 9.17. The van der Waals surface area contributed by atoms with Crippen LogP contribution in [0.4, 0.5) is 5.69 Å². The van der Waals surface area contributed by atoms with Crippen molar-refractivity contribution in [1.82, 2.24) is 0 Å². The van der Waals surface area contributed by atoms with Crippen LogP contribution in [0.15, 0.2) is 22.7 Å².